The zero-order valence-corrected chi connectivity index (χ0v) is 16.7. The third-order valence-corrected chi connectivity index (χ3v) is 18.6. The molecule has 0 aliphatic carbocycles. The maximum absolute atomic E-state index is 2.85. The molecule has 0 saturated heterocycles. The predicted molar refractivity (Wildman–Crippen MR) is 91.7 cm³/mol. The molecular weight excluding hydrogens is 471 g/mol. The van der Waals surface area contributed by atoms with Gasteiger partial charge in [-0.05, 0) is 0 Å². The monoisotopic (exact) mass is 498 g/mol. The van der Waals surface area contributed by atoms with Gasteiger partial charge in [0.2, 0.25) is 0 Å². The average Bonchev–Trinajstić information content (AvgIpc) is 2.20. The molecule has 0 radical (unpaired) electrons. The Bertz CT molecular complexity index is 124. The minimum absolute atomic E-state index is 1.35. The fourth-order valence-corrected chi connectivity index (χ4v) is 13.4. The first-order chi connectivity index (χ1) is 7.12. The molecule has 0 aliphatic heterocycles. The van der Waals surface area contributed by atoms with E-state index in [-0.39, 0.29) is 0 Å². The summed E-state index contributed by atoms with van der Waals surface area (Å²) in [5.41, 5.74) is 0. The third kappa shape index (κ3) is 12.3. The third-order valence-electron chi connectivity index (χ3n) is 2.79. The van der Waals surface area contributed by atoms with Gasteiger partial charge in [0.05, 0.1) is 0 Å². The van der Waals surface area contributed by atoms with Crippen molar-refractivity contribution >= 4 is 47.1 Å². The van der Waals surface area contributed by atoms with E-state index in [0.29, 0.717) is 0 Å². The molecule has 0 aromatic carbocycles. The molecule has 0 unspecified atom stereocenters. The van der Waals surface area contributed by atoms with Gasteiger partial charge in [-0.25, -0.2) is 0 Å². The van der Waals surface area contributed by atoms with Gasteiger partial charge in [-0.1, -0.05) is 0 Å². The quantitative estimate of drug-likeness (QED) is 0.185. The second kappa shape index (κ2) is 11.1. The van der Waals surface area contributed by atoms with Gasteiger partial charge >= 0.3 is 123 Å². The molecule has 0 saturated carbocycles. The first-order valence-corrected chi connectivity index (χ1v) is 22.3. The molecule has 0 atom stereocenters. The van der Waals surface area contributed by atoms with Gasteiger partial charge in [0.25, 0.3) is 0 Å². The van der Waals surface area contributed by atoms with Crippen LogP contribution in [0.5, 0.6) is 0 Å². The predicted octanol–water partition coefficient (Wildman–Crippen LogP) is 6.46. The van der Waals surface area contributed by atoms with Crippen molar-refractivity contribution in [3.63, 3.8) is 0 Å². The molecule has 0 aromatic heterocycles. The van der Waals surface area contributed by atoms with E-state index in [1.54, 1.807) is 10.5 Å². The van der Waals surface area contributed by atoms with Crippen molar-refractivity contribution < 1.29 is 0 Å². The van der Waals surface area contributed by atoms with E-state index < -0.39 is 6.65 Å². The summed E-state index contributed by atoms with van der Waals surface area (Å²) in [6, 6.07) is 0. The molecule has 92 valence electrons. The Labute approximate surface area is 121 Å². The van der Waals surface area contributed by atoms with E-state index in [1.807, 2.05) is 0 Å². The van der Waals surface area contributed by atoms with Crippen LogP contribution in [0.15, 0.2) is 0 Å². The molecule has 0 amide bonds. The van der Waals surface area contributed by atoms with Crippen molar-refractivity contribution in [3.05, 3.63) is 0 Å². The number of hydrogen-bond acceptors (Lipinski definition) is 0. The second-order valence-electron chi connectivity index (χ2n) is 4.48. The van der Waals surface area contributed by atoms with Crippen molar-refractivity contribution in [2.75, 3.05) is 0 Å². The van der Waals surface area contributed by atoms with Gasteiger partial charge in [-0.2, -0.15) is 0 Å². The molecule has 0 heterocycles. The Morgan fingerprint density at radius 2 is 1.07 bits per heavy atom. The molecule has 15 heavy (non-hydrogen) atoms. The zero-order valence-electron chi connectivity index (χ0n) is 10.3. The summed E-state index contributed by atoms with van der Waals surface area (Å²) >= 11 is 5.71. The first kappa shape index (κ1) is 17.0. The maximum atomic E-state index is 2.85. The van der Waals surface area contributed by atoms with Crippen molar-refractivity contribution in [3.8, 4) is 0 Å². The summed E-state index contributed by atoms with van der Waals surface area (Å²) in [5, 5.41) is 3.18. The molecule has 0 spiro atoms. The van der Waals surface area contributed by atoms with Crippen LogP contribution in [0.3, 0.4) is 0 Å². The van der Waals surface area contributed by atoms with Crippen LogP contribution in [0.4, 0.5) is 0 Å². The molecule has 0 aliphatic rings. The van der Waals surface area contributed by atoms with E-state index in [0.717, 1.165) is 0 Å². The number of hydrogen-bond donors (Lipinski definition) is 0. The topological polar surface area (TPSA) is 0 Å². The molecule has 0 nitrogen and oxygen atoms in total. The van der Waals surface area contributed by atoms with Crippen LogP contribution in [0.25, 0.3) is 0 Å². The van der Waals surface area contributed by atoms with E-state index in [4.69, 9.17) is 0 Å². The summed E-state index contributed by atoms with van der Waals surface area (Å²) in [6.45, 7) is 3.24. The fourth-order valence-electron chi connectivity index (χ4n) is 1.75. The molecule has 3 heteroatoms. The van der Waals surface area contributed by atoms with Crippen LogP contribution in [-0.2, 0) is 0 Å². The standard InChI is InChI=1S/C12H26GeI2/c1-3-5-7-9-11-13(14,15)12-10-8-6-4-2/h3-12H2,1-2H3. The van der Waals surface area contributed by atoms with Crippen molar-refractivity contribution in [2.45, 2.75) is 75.7 Å². The SMILES string of the molecule is CCCCC[CH2][Ge]([I])([I])[CH2]CCCCC. The van der Waals surface area contributed by atoms with Gasteiger partial charge < -0.3 is 0 Å². The molecular formula is C12H26GeI2. The first-order valence-electron chi connectivity index (χ1n) is 6.50. The van der Waals surface area contributed by atoms with Crippen LogP contribution in [-0.4, -0.2) is 6.65 Å². The van der Waals surface area contributed by atoms with Crippen LogP contribution in [0.2, 0.25) is 10.5 Å². The summed E-state index contributed by atoms with van der Waals surface area (Å²) in [7, 11) is 0. The summed E-state index contributed by atoms with van der Waals surface area (Å²) < 4.78 is 0. The normalized spacial score (nSPS) is 12.0. The fraction of sp³-hybridized carbons (Fsp3) is 1.00. The number of halogens is 2. The van der Waals surface area contributed by atoms with Crippen molar-refractivity contribution in [1.29, 1.82) is 0 Å². The molecule has 0 bridgehead atoms. The van der Waals surface area contributed by atoms with E-state index in [2.05, 4.69) is 54.3 Å². The van der Waals surface area contributed by atoms with Gasteiger partial charge in [0.15, 0.2) is 0 Å². The van der Waals surface area contributed by atoms with Crippen molar-refractivity contribution in [1.82, 2.24) is 0 Å². The summed E-state index contributed by atoms with van der Waals surface area (Å²) in [6.07, 6.45) is 11.6. The van der Waals surface area contributed by atoms with Gasteiger partial charge in [-0.15, -0.1) is 0 Å². The Hall–Kier alpha value is 2.00. The van der Waals surface area contributed by atoms with Crippen LogP contribution in [0, 0.1) is 0 Å². The van der Waals surface area contributed by atoms with E-state index >= 15 is 0 Å². The van der Waals surface area contributed by atoms with E-state index in [9.17, 15) is 0 Å². The Balaban J connectivity index is 3.40. The second-order valence-corrected chi connectivity index (χ2v) is 42.4. The molecule has 0 N–H and O–H groups in total. The van der Waals surface area contributed by atoms with Crippen LogP contribution >= 0.6 is 40.4 Å². The molecule has 0 rings (SSSR count). The average molecular weight is 497 g/mol. The number of rotatable bonds is 10. The van der Waals surface area contributed by atoms with Crippen LogP contribution < -0.4 is 0 Å². The Kier molecular flexibility index (Phi) is 12.6. The van der Waals surface area contributed by atoms with Gasteiger partial charge in [0, 0.05) is 0 Å². The minimum atomic E-state index is -1.35. The molecule has 0 aromatic rings. The number of unbranched alkanes of at least 4 members (excludes halogenated alkanes) is 6. The van der Waals surface area contributed by atoms with Crippen LogP contribution in [0.1, 0.15) is 65.2 Å². The van der Waals surface area contributed by atoms with E-state index in [1.165, 1.54) is 51.4 Å². The Morgan fingerprint density at radius 3 is 1.40 bits per heavy atom. The van der Waals surface area contributed by atoms with Gasteiger partial charge in [0.1, 0.15) is 0 Å². The Morgan fingerprint density at radius 1 is 0.667 bits per heavy atom. The zero-order chi connectivity index (χ0) is 11.6. The van der Waals surface area contributed by atoms with Crippen molar-refractivity contribution in [2.24, 2.45) is 0 Å². The molecule has 0 fully saturated rings. The summed E-state index contributed by atoms with van der Waals surface area (Å²) in [5.74, 6) is 0. The summed E-state index contributed by atoms with van der Waals surface area (Å²) in [4.78, 5) is 0. The van der Waals surface area contributed by atoms with Gasteiger partial charge in [-0.3, -0.25) is 0 Å².